The van der Waals surface area contributed by atoms with Gasteiger partial charge in [-0.2, -0.15) is 4.31 Å². The number of rotatable bonds is 4. The maximum absolute atomic E-state index is 12.9. The molecule has 7 nitrogen and oxygen atoms in total. The van der Waals surface area contributed by atoms with E-state index in [0.717, 1.165) is 32.6 Å². The molecule has 1 atom stereocenters. The number of nitrogens with one attached hydrogen (secondary N) is 2. The van der Waals surface area contributed by atoms with Crippen LogP contribution in [0.5, 0.6) is 0 Å². The van der Waals surface area contributed by atoms with Gasteiger partial charge in [0.25, 0.3) is 0 Å². The number of carbonyl (C=O) groups is 1. The first-order valence-electron chi connectivity index (χ1n) is 8.40. The zero-order valence-corrected chi connectivity index (χ0v) is 15.7. The molecule has 0 radical (unpaired) electrons. The summed E-state index contributed by atoms with van der Waals surface area (Å²) in [5.41, 5.74) is 0.410. The topological polar surface area (TPSA) is 81.8 Å². The van der Waals surface area contributed by atoms with E-state index in [1.165, 1.54) is 29.4 Å². The SMILES string of the molecule is CC(=O)Nc1ccc(S(=O)(=O)N2CCC(N3CCNCC3)C2)cc1Cl. The molecule has 0 aromatic heterocycles. The Kier molecular flexibility index (Phi) is 5.65. The van der Waals surface area contributed by atoms with Crippen LogP contribution < -0.4 is 10.6 Å². The lowest BCUT2D eigenvalue weighted by atomic mass is 10.2. The molecule has 1 unspecified atom stereocenters. The lowest BCUT2D eigenvalue weighted by Gasteiger charge is -2.32. The minimum atomic E-state index is -3.58. The predicted molar refractivity (Wildman–Crippen MR) is 97.4 cm³/mol. The van der Waals surface area contributed by atoms with E-state index in [0.29, 0.717) is 18.8 Å². The van der Waals surface area contributed by atoms with Crippen molar-refractivity contribution in [3.63, 3.8) is 0 Å². The molecule has 0 bridgehead atoms. The summed E-state index contributed by atoms with van der Waals surface area (Å²) in [6, 6.07) is 4.69. The molecule has 0 aliphatic carbocycles. The maximum atomic E-state index is 12.9. The van der Waals surface area contributed by atoms with E-state index in [2.05, 4.69) is 15.5 Å². The van der Waals surface area contributed by atoms with Crippen LogP contribution in [0.25, 0.3) is 0 Å². The molecule has 138 valence electrons. The molecule has 2 aliphatic rings. The molecule has 9 heteroatoms. The first-order chi connectivity index (χ1) is 11.9. The number of hydrogen-bond acceptors (Lipinski definition) is 5. The van der Waals surface area contributed by atoms with Crippen molar-refractivity contribution in [3.8, 4) is 0 Å². The molecule has 0 spiro atoms. The van der Waals surface area contributed by atoms with Crippen LogP contribution in [0, 0.1) is 0 Å². The van der Waals surface area contributed by atoms with Gasteiger partial charge in [0.15, 0.2) is 0 Å². The van der Waals surface area contributed by atoms with Crippen molar-refractivity contribution in [2.24, 2.45) is 0 Å². The summed E-state index contributed by atoms with van der Waals surface area (Å²) in [6.45, 7) is 6.20. The fraction of sp³-hybridized carbons (Fsp3) is 0.562. The van der Waals surface area contributed by atoms with Crippen LogP contribution >= 0.6 is 11.6 Å². The second-order valence-corrected chi connectivity index (χ2v) is 8.76. The van der Waals surface area contributed by atoms with Gasteiger partial charge in [0.2, 0.25) is 15.9 Å². The van der Waals surface area contributed by atoms with Gasteiger partial charge in [-0.1, -0.05) is 11.6 Å². The van der Waals surface area contributed by atoms with Gasteiger partial charge in [-0.3, -0.25) is 9.69 Å². The lowest BCUT2D eigenvalue weighted by molar-refractivity contribution is -0.114. The van der Waals surface area contributed by atoms with Crippen LogP contribution in [0.1, 0.15) is 13.3 Å². The number of hydrogen-bond donors (Lipinski definition) is 2. The summed E-state index contributed by atoms with van der Waals surface area (Å²) in [4.78, 5) is 13.7. The Balaban J connectivity index is 1.73. The highest BCUT2D eigenvalue weighted by Gasteiger charge is 2.35. The fourth-order valence-corrected chi connectivity index (χ4v) is 5.18. The average Bonchev–Trinajstić information content (AvgIpc) is 3.08. The molecule has 1 aromatic carbocycles. The monoisotopic (exact) mass is 386 g/mol. The van der Waals surface area contributed by atoms with Crippen LogP contribution in [-0.4, -0.2) is 68.8 Å². The fourth-order valence-electron chi connectivity index (χ4n) is 3.37. The van der Waals surface area contributed by atoms with Gasteiger partial charge >= 0.3 is 0 Å². The number of benzene rings is 1. The quantitative estimate of drug-likeness (QED) is 0.805. The smallest absolute Gasteiger partial charge is 0.243 e. The Labute approximate surface area is 153 Å². The number of sulfonamides is 1. The molecule has 2 heterocycles. The van der Waals surface area contributed by atoms with Crippen LogP contribution in [0.4, 0.5) is 5.69 Å². The highest BCUT2D eigenvalue weighted by Crippen LogP contribution is 2.29. The minimum absolute atomic E-state index is 0.160. The van der Waals surface area contributed by atoms with Crippen LogP contribution in [0.2, 0.25) is 5.02 Å². The van der Waals surface area contributed by atoms with Crippen LogP contribution in [0.3, 0.4) is 0 Å². The van der Waals surface area contributed by atoms with Crippen molar-refractivity contribution in [1.82, 2.24) is 14.5 Å². The Bertz CT molecular complexity index is 750. The van der Waals surface area contributed by atoms with E-state index >= 15 is 0 Å². The summed E-state index contributed by atoms with van der Waals surface area (Å²) in [5.74, 6) is -0.254. The summed E-state index contributed by atoms with van der Waals surface area (Å²) >= 11 is 6.12. The molecule has 1 amide bonds. The van der Waals surface area contributed by atoms with Crippen molar-refractivity contribution in [3.05, 3.63) is 23.2 Å². The first-order valence-corrected chi connectivity index (χ1v) is 10.2. The van der Waals surface area contributed by atoms with Gasteiger partial charge in [0, 0.05) is 52.2 Å². The molecule has 1 aromatic rings. The highest BCUT2D eigenvalue weighted by molar-refractivity contribution is 7.89. The van der Waals surface area contributed by atoms with Crippen molar-refractivity contribution in [2.75, 3.05) is 44.6 Å². The maximum Gasteiger partial charge on any atom is 0.243 e. The van der Waals surface area contributed by atoms with Gasteiger partial charge in [0.05, 0.1) is 15.6 Å². The number of piperazine rings is 1. The third kappa shape index (κ3) is 4.15. The number of anilines is 1. The van der Waals surface area contributed by atoms with Gasteiger partial charge in [-0.15, -0.1) is 0 Å². The first kappa shape index (κ1) is 18.6. The molecule has 0 saturated carbocycles. The van der Waals surface area contributed by atoms with Crippen molar-refractivity contribution in [2.45, 2.75) is 24.3 Å². The molecule has 2 fully saturated rings. The van der Waals surface area contributed by atoms with Gasteiger partial charge in [-0.25, -0.2) is 8.42 Å². The van der Waals surface area contributed by atoms with Crippen molar-refractivity contribution >= 4 is 33.2 Å². The average molecular weight is 387 g/mol. The summed E-state index contributed by atoms with van der Waals surface area (Å²) < 4.78 is 27.3. The summed E-state index contributed by atoms with van der Waals surface area (Å²) in [7, 11) is -3.58. The van der Waals surface area contributed by atoms with Gasteiger partial charge < -0.3 is 10.6 Å². The van der Waals surface area contributed by atoms with Crippen molar-refractivity contribution in [1.29, 1.82) is 0 Å². The predicted octanol–water partition coefficient (Wildman–Crippen LogP) is 0.967. The van der Waals surface area contributed by atoms with Gasteiger partial charge in [0.1, 0.15) is 0 Å². The highest BCUT2D eigenvalue weighted by atomic mass is 35.5. The zero-order chi connectivity index (χ0) is 18.0. The summed E-state index contributed by atoms with van der Waals surface area (Å²) in [5, 5.41) is 6.11. The van der Waals surface area contributed by atoms with E-state index < -0.39 is 10.0 Å². The molecular weight excluding hydrogens is 364 g/mol. The van der Waals surface area contributed by atoms with Crippen LogP contribution in [-0.2, 0) is 14.8 Å². The van der Waals surface area contributed by atoms with Crippen LogP contribution in [0.15, 0.2) is 23.1 Å². The zero-order valence-electron chi connectivity index (χ0n) is 14.2. The number of amides is 1. The van der Waals surface area contributed by atoms with E-state index in [1.807, 2.05) is 0 Å². The third-order valence-electron chi connectivity index (χ3n) is 4.68. The van der Waals surface area contributed by atoms with E-state index in [4.69, 9.17) is 11.6 Å². The standard InChI is InChI=1S/C16H23ClN4O3S/c1-12(22)19-16-3-2-14(10-15(16)17)25(23,24)21-7-4-13(11-21)20-8-5-18-6-9-20/h2-3,10,13,18H,4-9,11H2,1H3,(H,19,22). The Morgan fingerprint density at radius 2 is 2.00 bits per heavy atom. The number of nitrogens with zero attached hydrogens (tertiary/aromatic N) is 2. The largest absolute Gasteiger partial charge is 0.325 e. The van der Waals surface area contributed by atoms with E-state index in [9.17, 15) is 13.2 Å². The summed E-state index contributed by atoms with van der Waals surface area (Å²) in [6.07, 6.45) is 0.844. The number of carbonyl (C=O) groups excluding carboxylic acids is 1. The Morgan fingerprint density at radius 1 is 1.28 bits per heavy atom. The second-order valence-electron chi connectivity index (χ2n) is 6.41. The van der Waals surface area contributed by atoms with E-state index in [1.54, 1.807) is 0 Å². The molecule has 2 aliphatic heterocycles. The Hall–Kier alpha value is -1.19. The van der Waals surface area contributed by atoms with Crippen molar-refractivity contribution < 1.29 is 13.2 Å². The Morgan fingerprint density at radius 3 is 2.64 bits per heavy atom. The molecule has 2 saturated heterocycles. The molecular formula is C16H23ClN4O3S. The van der Waals surface area contributed by atoms with Gasteiger partial charge in [-0.05, 0) is 24.6 Å². The lowest BCUT2D eigenvalue weighted by Crippen LogP contribution is -2.49. The molecule has 3 rings (SSSR count). The molecule has 25 heavy (non-hydrogen) atoms. The molecule has 2 N–H and O–H groups in total. The number of halogens is 1. The minimum Gasteiger partial charge on any atom is -0.325 e. The normalized spacial score (nSPS) is 22.9. The third-order valence-corrected chi connectivity index (χ3v) is 6.86. The van der Waals surface area contributed by atoms with E-state index in [-0.39, 0.29) is 21.9 Å². The second kappa shape index (κ2) is 7.59.